The summed E-state index contributed by atoms with van der Waals surface area (Å²) in [5.74, 6) is -0.552. The Morgan fingerprint density at radius 2 is 1.71 bits per heavy atom. The van der Waals surface area contributed by atoms with E-state index in [4.69, 9.17) is 4.74 Å². The quantitative estimate of drug-likeness (QED) is 0.827. The fourth-order valence-corrected chi connectivity index (χ4v) is 3.62. The molecule has 1 atom stereocenters. The maximum Gasteiger partial charge on any atom is 0.322 e. The third-order valence-corrected chi connectivity index (χ3v) is 5.61. The van der Waals surface area contributed by atoms with Crippen LogP contribution in [-0.4, -0.2) is 44.0 Å². The van der Waals surface area contributed by atoms with E-state index in [-0.39, 0.29) is 11.3 Å². The average molecular weight is 349 g/mol. The number of ether oxygens (including phenoxy) is 1. The molecule has 0 aliphatic carbocycles. The van der Waals surface area contributed by atoms with E-state index in [0.717, 1.165) is 4.31 Å². The summed E-state index contributed by atoms with van der Waals surface area (Å²) in [6.45, 7) is 0. The van der Waals surface area contributed by atoms with Crippen LogP contribution in [0.15, 0.2) is 59.5 Å². The van der Waals surface area contributed by atoms with Crippen molar-refractivity contribution in [2.24, 2.45) is 0 Å². The van der Waals surface area contributed by atoms with Crippen LogP contribution in [-0.2, 0) is 21.2 Å². The van der Waals surface area contributed by atoms with Gasteiger partial charge in [0.2, 0.25) is 10.0 Å². The number of rotatable bonds is 7. The zero-order chi connectivity index (χ0) is 17.7. The molecule has 7 heteroatoms. The number of hydrogen-bond acceptors (Lipinski definition) is 4. The van der Waals surface area contributed by atoms with E-state index in [1.165, 1.54) is 26.3 Å². The van der Waals surface area contributed by atoms with Crippen molar-refractivity contribution in [1.29, 1.82) is 0 Å². The highest BCUT2D eigenvalue weighted by Crippen LogP contribution is 2.20. The molecular formula is C17H19NO5S. The van der Waals surface area contributed by atoms with Gasteiger partial charge in [0.1, 0.15) is 11.8 Å². The maximum atomic E-state index is 12.6. The van der Waals surface area contributed by atoms with Crippen LogP contribution in [0.5, 0.6) is 5.75 Å². The summed E-state index contributed by atoms with van der Waals surface area (Å²) in [6.07, 6.45) is 0.0574. The van der Waals surface area contributed by atoms with Gasteiger partial charge in [-0.15, -0.1) is 0 Å². The first-order chi connectivity index (χ1) is 11.4. The van der Waals surface area contributed by atoms with E-state index in [9.17, 15) is 18.3 Å². The molecule has 0 bridgehead atoms. The van der Waals surface area contributed by atoms with Crippen molar-refractivity contribution in [3.8, 4) is 5.75 Å². The molecule has 6 nitrogen and oxygen atoms in total. The fourth-order valence-electron chi connectivity index (χ4n) is 2.28. The summed E-state index contributed by atoms with van der Waals surface area (Å²) >= 11 is 0. The molecule has 2 aromatic carbocycles. The van der Waals surface area contributed by atoms with Crippen LogP contribution in [0.1, 0.15) is 5.56 Å². The third kappa shape index (κ3) is 3.93. The molecule has 1 unspecified atom stereocenters. The minimum Gasteiger partial charge on any atom is -0.497 e. The Labute approximate surface area is 141 Å². The molecule has 0 saturated carbocycles. The summed E-state index contributed by atoms with van der Waals surface area (Å²) in [4.78, 5) is 11.7. The lowest BCUT2D eigenvalue weighted by Gasteiger charge is -2.24. The molecule has 1 N–H and O–H groups in total. The first kappa shape index (κ1) is 18.0. The van der Waals surface area contributed by atoms with Crippen molar-refractivity contribution in [3.63, 3.8) is 0 Å². The first-order valence-electron chi connectivity index (χ1n) is 7.25. The van der Waals surface area contributed by atoms with Gasteiger partial charge in [0, 0.05) is 7.05 Å². The smallest absolute Gasteiger partial charge is 0.322 e. The highest BCUT2D eigenvalue weighted by molar-refractivity contribution is 7.89. The Morgan fingerprint density at radius 1 is 1.12 bits per heavy atom. The second-order valence-electron chi connectivity index (χ2n) is 5.24. The molecule has 0 spiro atoms. The van der Waals surface area contributed by atoms with Crippen molar-refractivity contribution in [3.05, 3.63) is 60.2 Å². The van der Waals surface area contributed by atoms with Gasteiger partial charge in [0.05, 0.1) is 12.0 Å². The first-order valence-corrected chi connectivity index (χ1v) is 8.69. The van der Waals surface area contributed by atoms with Crippen LogP contribution in [0.4, 0.5) is 0 Å². The van der Waals surface area contributed by atoms with Gasteiger partial charge in [-0.2, -0.15) is 4.31 Å². The number of carboxylic acid groups (broad SMARTS) is 1. The van der Waals surface area contributed by atoms with Gasteiger partial charge in [-0.05, 0) is 36.2 Å². The molecule has 24 heavy (non-hydrogen) atoms. The van der Waals surface area contributed by atoms with Crippen LogP contribution < -0.4 is 4.74 Å². The second kappa shape index (κ2) is 7.46. The van der Waals surface area contributed by atoms with E-state index in [1.54, 1.807) is 42.5 Å². The number of benzene rings is 2. The summed E-state index contributed by atoms with van der Waals surface area (Å²) in [5.41, 5.74) is 0.707. The molecule has 0 heterocycles. The van der Waals surface area contributed by atoms with Crippen LogP contribution in [0.2, 0.25) is 0 Å². The van der Waals surface area contributed by atoms with Crippen LogP contribution in [0.25, 0.3) is 0 Å². The SMILES string of the molecule is COc1ccc(CC(C(=O)O)N(C)S(=O)(=O)c2ccccc2)cc1. The average Bonchev–Trinajstić information content (AvgIpc) is 2.60. The molecule has 0 aliphatic heterocycles. The minimum absolute atomic E-state index is 0.0574. The predicted octanol–water partition coefficient (Wildman–Crippen LogP) is 2.01. The van der Waals surface area contributed by atoms with E-state index < -0.39 is 22.0 Å². The highest BCUT2D eigenvalue weighted by atomic mass is 32.2. The largest absolute Gasteiger partial charge is 0.497 e. The van der Waals surface area contributed by atoms with Crippen molar-refractivity contribution < 1.29 is 23.1 Å². The number of carboxylic acids is 1. The number of nitrogens with zero attached hydrogens (tertiary/aromatic N) is 1. The summed E-state index contributed by atoms with van der Waals surface area (Å²) in [6, 6.07) is 13.4. The van der Waals surface area contributed by atoms with E-state index in [1.807, 2.05) is 0 Å². The number of sulfonamides is 1. The molecule has 0 fully saturated rings. The molecule has 2 rings (SSSR count). The second-order valence-corrected chi connectivity index (χ2v) is 7.24. The van der Waals surface area contributed by atoms with E-state index >= 15 is 0 Å². The lowest BCUT2D eigenvalue weighted by molar-refractivity contribution is -0.141. The van der Waals surface area contributed by atoms with Gasteiger partial charge >= 0.3 is 5.97 Å². The fraction of sp³-hybridized carbons (Fsp3) is 0.235. The number of hydrogen-bond donors (Lipinski definition) is 1. The van der Waals surface area contributed by atoms with E-state index in [2.05, 4.69) is 0 Å². The van der Waals surface area contributed by atoms with Crippen molar-refractivity contribution in [2.75, 3.05) is 14.2 Å². The monoisotopic (exact) mass is 349 g/mol. The Kier molecular flexibility index (Phi) is 5.58. The molecule has 0 aliphatic rings. The minimum atomic E-state index is -3.89. The Balaban J connectivity index is 2.27. The number of likely N-dealkylation sites (N-methyl/N-ethyl adjacent to an activating group) is 1. The topological polar surface area (TPSA) is 83.9 Å². The maximum absolute atomic E-state index is 12.6. The molecular weight excluding hydrogens is 330 g/mol. The van der Waals surface area contributed by atoms with Gasteiger partial charge < -0.3 is 9.84 Å². The normalized spacial score (nSPS) is 12.8. The van der Waals surface area contributed by atoms with Crippen LogP contribution >= 0.6 is 0 Å². The number of methoxy groups -OCH3 is 1. The Morgan fingerprint density at radius 3 is 2.21 bits per heavy atom. The molecule has 0 aromatic heterocycles. The predicted molar refractivity (Wildman–Crippen MR) is 89.5 cm³/mol. The molecule has 0 amide bonds. The van der Waals surface area contributed by atoms with Crippen molar-refractivity contribution >= 4 is 16.0 Å². The van der Waals surface area contributed by atoms with E-state index in [0.29, 0.717) is 11.3 Å². The lowest BCUT2D eigenvalue weighted by Crippen LogP contribution is -2.43. The zero-order valence-corrected chi connectivity index (χ0v) is 14.2. The van der Waals surface area contributed by atoms with Crippen molar-refractivity contribution in [1.82, 2.24) is 4.31 Å². The van der Waals surface area contributed by atoms with Gasteiger partial charge in [0.15, 0.2) is 0 Å². The van der Waals surface area contributed by atoms with Crippen LogP contribution in [0.3, 0.4) is 0 Å². The standard InChI is InChI=1S/C17H19NO5S/c1-18(24(21,22)15-6-4-3-5-7-15)16(17(19)20)12-13-8-10-14(23-2)11-9-13/h3-11,16H,12H2,1-2H3,(H,19,20). The molecule has 0 saturated heterocycles. The Hall–Kier alpha value is -2.38. The Bertz CT molecular complexity index is 787. The van der Waals surface area contributed by atoms with Gasteiger partial charge in [0.25, 0.3) is 0 Å². The summed E-state index contributed by atoms with van der Waals surface area (Å²) < 4.78 is 31.2. The summed E-state index contributed by atoms with van der Waals surface area (Å²) in [7, 11) is -1.07. The lowest BCUT2D eigenvalue weighted by atomic mass is 10.1. The summed E-state index contributed by atoms with van der Waals surface area (Å²) in [5, 5.41) is 9.49. The molecule has 2 aromatic rings. The number of carbonyl (C=O) groups is 1. The molecule has 0 radical (unpaired) electrons. The third-order valence-electron chi connectivity index (χ3n) is 3.73. The van der Waals surface area contributed by atoms with Gasteiger partial charge in [-0.3, -0.25) is 4.79 Å². The number of aliphatic carboxylic acids is 1. The highest BCUT2D eigenvalue weighted by Gasteiger charge is 2.32. The van der Waals surface area contributed by atoms with Gasteiger partial charge in [-0.1, -0.05) is 30.3 Å². The van der Waals surface area contributed by atoms with Crippen molar-refractivity contribution in [2.45, 2.75) is 17.4 Å². The zero-order valence-electron chi connectivity index (χ0n) is 13.4. The van der Waals surface area contributed by atoms with Gasteiger partial charge in [-0.25, -0.2) is 8.42 Å². The van der Waals surface area contributed by atoms with Crippen LogP contribution in [0, 0.1) is 0 Å². The molecule has 128 valence electrons.